The Morgan fingerprint density at radius 1 is 1.40 bits per heavy atom. The molecule has 5 nitrogen and oxygen atoms in total. The van der Waals surface area contributed by atoms with Crippen molar-refractivity contribution in [2.24, 2.45) is 5.41 Å². The van der Waals surface area contributed by atoms with E-state index in [2.05, 4.69) is 10.6 Å². The van der Waals surface area contributed by atoms with Crippen LogP contribution in [0.3, 0.4) is 0 Å². The zero-order valence-electron chi connectivity index (χ0n) is 11.2. The third-order valence-electron chi connectivity index (χ3n) is 3.81. The minimum Gasteiger partial charge on any atom is -0.481 e. The van der Waals surface area contributed by atoms with Crippen molar-refractivity contribution in [3.05, 3.63) is 28.8 Å². The highest BCUT2D eigenvalue weighted by Gasteiger charge is 2.44. The summed E-state index contributed by atoms with van der Waals surface area (Å²) in [5.41, 5.74) is 0.598. The maximum Gasteiger partial charge on any atom is 0.319 e. The van der Waals surface area contributed by atoms with Crippen molar-refractivity contribution in [3.63, 3.8) is 0 Å². The molecule has 1 fully saturated rings. The number of carboxylic acids is 1. The summed E-state index contributed by atoms with van der Waals surface area (Å²) in [6.07, 6.45) is 2.10. The van der Waals surface area contributed by atoms with Crippen molar-refractivity contribution < 1.29 is 14.7 Å². The van der Waals surface area contributed by atoms with E-state index in [1.807, 2.05) is 13.0 Å². The number of rotatable bonds is 4. The molecular formula is C14H17ClN2O3. The van der Waals surface area contributed by atoms with Gasteiger partial charge in [-0.2, -0.15) is 0 Å². The Labute approximate surface area is 122 Å². The predicted octanol–water partition coefficient (Wildman–Crippen LogP) is 3.02. The van der Waals surface area contributed by atoms with Crippen molar-refractivity contribution in [1.82, 2.24) is 5.32 Å². The normalized spacial score (nSPS) is 16.1. The molecule has 1 saturated carbocycles. The molecule has 0 spiro atoms. The van der Waals surface area contributed by atoms with Gasteiger partial charge < -0.3 is 15.7 Å². The monoisotopic (exact) mass is 296 g/mol. The van der Waals surface area contributed by atoms with E-state index in [9.17, 15) is 14.7 Å². The van der Waals surface area contributed by atoms with Crippen LogP contribution >= 0.6 is 11.6 Å². The van der Waals surface area contributed by atoms with Gasteiger partial charge in [0.15, 0.2) is 0 Å². The first kappa shape index (κ1) is 14.7. The summed E-state index contributed by atoms with van der Waals surface area (Å²) in [6.45, 7) is 1.98. The van der Waals surface area contributed by atoms with Gasteiger partial charge in [0, 0.05) is 6.54 Å². The number of halogens is 1. The number of aliphatic carboxylic acids is 1. The van der Waals surface area contributed by atoms with E-state index in [-0.39, 0.29) is 6.54 Å². The number of benzene rings is 1. The Morgan fingerprint density at radius 3 is 2.60 bits per heavy atom. The Morgan fingerprint density at radius 2 is 2.10 bits per heavy atom. The summed E-state index contributed by atoms with van der Waals surface area (Å²) < 4.78 is 0. The standard InChI is InChI=1S/C14H17ClN2O3/c1-9-4-2-5-10(15)11(9)17-13(20)16-8-14(12(18)19)6-3-7-14/h2,4-5H,3,6-8H2,1H3,(H,18,19)(H2,16,17,20). The fourth-order valence-corrected chi connectivity index (χ4v) is 2.54. The summed E-state index contributed by atoms with van der Waals surface area (Å²) in [5, 5.41) is 14.9. The van der Waals surface area contributed by atoms with E-state index >= 15 is 0 Å². The van der Waals surface area contributed by atoms with Gasteiger partial charge in [0.1, 0.15) is 0 Å². The minimum atomic E-state index is -0.849. The molecule has 0 bridgehead atoms. The Kier molecular flexibility index (Phi) is 4.18. The molecule has 3 N–H and O–H groups in total. The van der Waals surface area contributed by atoms with Gasteiger partial charge in [-0.05, 0) is 31.4 Å². The first-order valence-corrected chi connectivity index (χ1v) is 6.86. The summed E-state index contributed by atoms with van der Waals surface area (Å²) in [4.78, 5) is 23.0. The van der Waals surface area contributed by atoms with Gasteiger partial charge in [0.2, 0.25) is 0 Å². The number of para-hydroxylation sites is 1. The molecule has 0 aliphatic heterocycles. The van der Waals surface area contributed by atoms with Crippen LogP contribution in [0.15, 0.2) is 18.2 Å². The first-order chi connectivity index (χ1) is 9.44. The number of carbonyl (C=O) groups excluding carboxylic acids is 1. The molecule has 1 aromatic rings. The highest BCUT2D eigenvalue weighted by atomic mass is 35.5. The SMILES string of the molecule is Cc1cccc(Cl)c1NC(=O)NCC1(C(=O)O)CCC1. The smallest absolute Gasteiger partial charge is 0.319 e. The molecule has 20 heavy (non-hydrogen) atoms. The van der Waals surface area contributed by atoms with Gasteiger partial charge in [-0.25, -0.2) is 4.79 Å². The predicted molar refractivity (Wildman–Crippen MR) is 77.1 cm³/mol. The summed E-state index contributed by atoms with van der Waals surface area (Å²) >= 11 is 6.02. The zero-order chi connectivity index (χ0) is 14.8. The van der Waals surface area contributed by atoms with Gasteiger partial charge in [-0.3, -0.25) is 4.79 Å². The minimum absolute atomic E-state index is 0.137. The Hall–Kier alpha value is -1.75. The quantitative estimate of drug-likeness (QED) is 0.799. The Balaban J connectivity index is 1.95. The van der Waals surface area contributed by atoms with Gasteiger partial charge in [-0.1, -0.05) is 30.2 Å². The molecular weight excluding hydrogens is 280 g/mol. The highest BCUT2D eigenvalue weighted by Crippen LogP contribution is 2.40. The zero-order valence-corrected chi connectivity index (χ0v) is 12.0. The van der Waals surface area contributed by atoms with Crippen molar-refractivity contribution in [3.8, 4) is 0 Å². The number of aryl methyl sites for hydroxylation is 1. The lowest BCUT2D eigenvalue weighted by Gasteiger charge is -2.37. The molecule has 2 amide bonds. The lowest BCUT2D eigenvalue weighted by Crippen LogP contribution is -2.48. The van der Waals surface area contributed by atoms with E-state index in [0.29, 0.717) is 23.6 Å². The maximum absolute atomic E-state index is 11.9. The number of hydrogen-bond acceptors (Lipinski definition) is 2. The number of urea groups is 1. The van der Waals surface area contributed by atoms with Crippen molar-refractivity contribution in [2.45, 2.75) is 26.2 Å². The van der Waals surface area contributed by atoms with E-state index in [1.54, 1.807) is 12.1 Å². The molecule has 108 valence electrons. The van der Waals surface area contributed by atoms with Gasteiger partial charge in [-0.15, -0.1) is 0 Å². The average Bonchev–Trinajstić information content (AvgIpc) is 2.32. The summed E-state index contributed by atoms with van der Waals surface area (Å²) in [6, 6.07) is 4.89. The summed E-state index contributed by atoms with van der Waals surface area (Å²) in [7, 11) is 0. The van der Waals surface area contributed by atoms with Crippen molar-refractivity contribution in [2.75, 3.05) is 11.9 Å². The topological polar surface area (TPSA) is 78.4 Å². The second-order valence-electron chi connectivity index (χ2n) is 5.18. The third kappa shape index (κ3) is 2.88. The highest BCUT2D eigenvalue weighted by molar-refractivity contribution is 6.33. The van der Waals surface area contributed by atoms with Crippen LogP contribution in [-0.4, -0.2) is 23.7 Å². The van der Waals surface area contributed by atoms with Crippen LogP contribution in [-0.2, 0) is 4.79 Å². The average molecular weight is 297 g/mol. The fraction of sp³-hybridized carbons (Fsp3) is 0.429. The molecule has 1 aromatic carbocycles. The van der Waals surface area contributed by atoms with Crippen molar-refractivity contribution >= 4 is 29.3 Å². The number of nitrogens with one attached hydrogen (secondary N) is 2. The molecule has 0 unspecified atom stereocenters. The van der Waals surface area contributed by atoms with Gasteiger partial charge >= 0.3 is 12.0 Å². The molecule has 0 atom stereocenters. The molecule has 0 aromatic heterocycles. The number of carbonyl (C=O) groups is 2. The molecule has 0 saturated heterocycles. The van der Waals surface area contributed by atoms with Crippen LogP contribution in [0.5, 0.6) is 0 Å². The van der Waals surface area contributed by atoms with E-state index in [0.717, 1.165) is 12.0 Å². The number of amides is 2. The van der Waals surface area contributed by atoms with Gasteiger partial charge in [0.05, 0.1) is 16.1 Å². The third-order valence-corrected chi connectivity index (χ3v) is 4.13. The number of anilines is 1. The maximum atomic E-state index is 11.9. The van der Waals surface area contributed by atoms with Crippen LogP contribution in [0, 0.1) is 12.3 Å². The summed E-state index contributed by atoms with van der Waals surface area (Å²) in [5.74, 6) is -0.849. The van der Waals surface area contributed by atoms with E-state index in [4.69, 9.17) is 11.6 Å². The second kappa shape index (κ2) is 5.71. The van der Waals surface area contributed by atoms with Crippen LogP contribution in [0.4, 0.5) is 10.5 Å². The number of carboxylic acid groups (broad SMARTS) is 1. The van der Waals surface area contributed by atoms with Crippen LogP contribution in [0.1, 0.15) is 24.8 Å². The first-order valence-electron chi connectivity index (χ1n) is 6.48. The van der Waals surface area contributed by atoms with Crippen molar-refractivity contribution in [1.29, 1.82) is 0 Å². The second-order valence-corrected chi connectivity index (χ2v) is 5.59. The molecule has 6 heteroatoms. The van der Waals surface area contributed by atoms with E-state index < -0.39 is 17.4 Å². The largest absolute Gasteiger partial charge is 0.481 e. The van der Waals surface area contributed by atoms with E-state index in [1.165, 1.54) is 0 Å². The molecule has 2 rings (SSSR count). The van der Waals surface area contributed by atoms with Crippen LogP contribution < -0.4 is 10.6 Å². The van der Waals surface area contributed by atoms with Crippen LogP contribution in [0.25, 0.3) is 0 Å². The number of hydrogen-bond donors (Lipinski definition) is 3. The molecule has 0 heterocycles. The van der Waals surface area contributed by atoms with Gasteiger partial charge in [0.25, 0.3) is 0 Å². The Bertz CT molecular complexity index is 521. The lowest BCUT2D eigenvalue weighted by atomic mass is 9.69. The van der Waals surface area contributed by atoms with Crippen LogP contribution in [0.2, 0.25) is 5.02 Å². The lowest BCUT2D eigenvalue weighted by molar-refractivity contribution is -0.153. The fourth-order valence-electron chi connectivity index (χ4n) is 2.27. The molecule has 1 aliphatic carbocycles. The molecule has 1 aliphatic rings. The molecule has 0 radical (unpaired) electrons.